The Morgan fingerprint density at radius 1 is 0.739 bits per heavy atom. The number of ether oxygens (including phenoxy) is 9. The van der Waals surface area contributed by atoms with Crippen LogP contribution in [0.4, 0.5) is 0 Å². The van der Waals surface area contributed by atoms with E-state index >= 15 is 9.59 Å². The van der Waals surface area contributed by atoms with Gasteiger partial charge in [-0.1, -0.05) is 135 Å². The van der Waals surface area contributed by atoms with Crippen LogP contribution in [0.15, 0.2) is 121 Å². The molecule has 10 aliphatic rings. The van der Waals surface area contributed by atoms with Crippen molar-refractivity contribution in [3.05, 3.63) is 144 Å². The molecule has 362 valence electrons. The first kappa shape index (κ1) is 44.6. The summed E-state index contributed by atoms with van der Waals surface area (Å²) in [7, 11) is 0. The van der Waals surface area contributed by atoms with Gasteiger partial charge in [0.2, 0.25) is 5.91 Å². The number of hydrogen-bond acceptors (Lipinski definition) is 11. The second kappa shape index (κ2) is 16.6. The molecule has 4 saturated carbocycles. The van der Waals surface area contributed by atoms with E-state index in [9.17, 15) is 0 Å². The van der Waals surface area contributed by atoms with Gasteiger partial charge in [0.1, 0.15) is 31.4 Å². The molecule has 1 amide bonds. The molecular formula is C57H63NO11. The highest BCUT2D eigenvalue weighted by molar-refractivity contribution is 5.88. The van der Waals surface area contributed by atoms with Gasteiger partial charge in [-0.3, -0.25) is 9.59 Å². The number of Topliss-reactive ketones (excluding diaryl/α,β-unsaturated/α-hetero) is 1. The van der Waals surface area contributed by atoms with E-state index in [4.69, 9.17) is 42.6 Å². The minimum atomic E-state index is -1.67. The number of piperidine rings is 2. The van der Waals surface area contributed by atoms with Crippen LogP contribution in [0.5, 0.6) is 0 Å². The second-order valence-electron chi connectivity index (χ2n) is 22.0. The number of amides is 1. The topological polar surface area (TPSA) is 120 Å². The maximum absolute atomic E-state index is 16.0. The lowest BCUT2D eigenvalue weighted by Gasteiger charge is -2.73. The van der Waals surface area contributed by atoms with Gasteiger partial charge in [-0.25, -0.2) is 0 Å². The SMILES string of the molecule is C[C@H]1CC[C@@H]2N(C1)C(=O)[C@@H]1[C@@H]3[C@@H](O[C@H](c4ccccc4)O[C@@]32C)[C@H](OCOCc2ccccc2)[C@]23OC4(c5ccccc5)O[C@@H]5C[C@@H]6C(=O)[C@@H](OCOCc7ccccc7)CC[C@]6(C)[C@](C[C@@H]12)(O4)[C@@H]53. The minimum Gasteiger partial charge on any atom is -0.351 e. The van der Waals surface area contributed by atoms with Crippen LogP contribution in [0, 0.1) is 40.9 Å². The number of nitrogens with zero attached hydrogens (tertiary/aromatic N) is 1. The average molecular weight is 938 g/mol. The zero-order chi connectivity index (χ0) is 46.8. The van der Waals surface area contributed by atoms with Crippen molar-refractivity contribution < 1.29 is 52.2 Å². The molecule has 0 aromatic heterocycles. The molecule has 69 heavy (non-hydrogen) atoms. The predicted octanol–water partition coefficient (Wildman–Crippen LogP) is 8.62. The van der Waals surface area contributed by atoms with Crippen LogP contribution < -0.4 is 0 Å². The van der Waals surface area contributed by atoms with Gasteiger partial charge in [0.25, 0.3) is 0 Å². The van der Waals surface area contributed by atoms with E-state index in [2.05, 4.69) is 37.8 Å². The van der Waals surface area contributed by atoms with Crippen molar-refractivity contribution in [1.29, 1.82) is 0 Å². The molecular weight excluding hydrogens is 875 g/mol. The van der Waals surface area contributed by atoms with Crippen LogP contribution in [0.2, 0.25) is 0 Å². The molecule has 6 heterocycles. The molecule has 17 atom stereocenters. The quantitative estimate of drug-likeness (QED) is 0.100. The first-order valence-electron chi connectivity index (χ1n) is 25.4. The standard InChI is InChI=1S/C57H63NO11/c1-35-24-25-44-54(3)46-45(51(60)58(44)30-35)41-29-55-49-43(28-40-47(59)42(26-27-53(40,55)2)63-33-61-31-36-16-8-4-9-17-36)66-57(68-55,39-22-14-7-15-23-39)69-56(41,49)50(64-34-62-32-37-18-10-5-11-19-37)48(46)65-52(67-54)38-20-12-6-13-21-38/h4-23,35,40-46,48-50,52H,24-34H2,1-3H3/t35-,40+,41-,42-,43+,44-,45-,46+,48+,49+,50-,52-,53-,54+,55+,56-,57?/m0/s1. The molecule has 0 radical (unpaired) electrons. The molecule has 14 rings (SSSR count). The van der Waals surface area contributed by atoms with Gasteiger partial charge >= 0.3 is 5.97 Å². The molecule has 12 heteroatoms. The van der Waals surface area contributed by atoms with Crippen molar-refractivity contribution in [2.24, 2.45) is 40.9 Å². The summed E-state index contributed by atoms with van der Waals surface area (Å²) in [6.07, 6.45) is 0.586. The Kier molecular flexibility index (Phi) is 10.7. The van der Waals surface area contributed by atoms with Crippen molar-refractivity contribution >= 4 is 11.7 Å². The predicted molar refractivity (Wildman–Crippen MR) is 249 cm³/mol. The van der Waals surface area contributed by atoms with Crippen molar-refractivity contribution in [2.45, 2.75) is 132 Å². The van der Waals surface area contributed by atoms with Gasteiger partial charge in [0.05, 0.1) is 48.6 Å². The third-order valence-electron chi connectivity index (χ3n) is 18.6. The monoisotopic (exact) mass is 937 g/mol. The first-order chi connectivity index (χ1) is 33.6. The Bertz CT molecular complexity index is 2550. The maximum atomic E-state index is 16.0. The minimum absolute atomic E-state index is 0.00787. The van der Waals surface area contributed by atoms with E-state index in [1.807, 2.05) is 109 Å². The number of hydrogen-bond donors (Lipinski definition) is 0. The summed E-state index contributed by atoms with van der Waals surface area (Å²) < 4.78 is 63.8. The van der Waals surface area contributed by atoms with Crippen molar-refractivity contribution in [1.82, 2.24) is 4.90 Å². The van der Waals surface area contributed by atoms with Crippen molar-refractivity contribution in [3.63, 3.8) is 0 Å². The highest BCUT2D eigenvalue weighted by atomic mass is 16.9. The summed E-state index contributed by atoms with van der Waals surface area (Å²) in [6.45, 7) is 8.08. The highest BCUT2D eigenvalue weighted by Gasteiger charge is 2.90. The zero-order valence-corrected chi connectivity index (χ0v) is 39.7. The van der Waals surface area contributed by atoms with Gasteiger partial charge in [0, 0.05) is 46.8 Å². The summed E-state index contributed by atoms with van der Waals surface area (Å²) in [5.41, 5.74) is 0.0212. The van der Waals surface area contributed by atoms with E-state index in [0.29, 0.717) is 51.4 Å². The lowest BCUT2D eigenvalue weighted by atomic mass is 9.46. The number of carbonyl (C=O) groups excluding carboxylic acids is 2. The largest absolute Gasteiger partial charge is 0.351 e. The molecule has 6 saturated heterocycles. The van der Waals surface area contributed by atoms with E-state index in [1.54, 1.807) is 0 Å². The first-order valence-corrected chi connectivity index (χ1v) is 25.4. The fraction of sp³-hybridized carbons (Fsp3) is 0.544. The van der Waals surface area contributed by atoms with Crippen LogP contribution in [0.1, 0.15) is 87.8 Å². The number of rotatable bonds is 12. The lowest BCUT2D eigenvalue weighted by molar-refractivity contribution is -0.578. The molecule has 5 bridgehead atoms. The highest BCUT2D eigenvalue weighted by Crippen LogP contribution is 2.80. The summed E-state index contributed by atoms with van der Waals surface area (Å²) in [6, 6.07) is 39.9. The van der Waals surface area contributed by atoms with Crippen LogP contribution >= 0.6 is 0 Å². The average Bonchev–Trinajstić information content (AvgIpc) is 3.62. The summed E-state index contributed by atoms with van der Waals surface area (Å²) in [5, 5.41) is 0. The Morgan fingerprint density at radius 3 is 2.09 bits per heavy atom. The van der Waals surface area contributed by atoms with Crippen LogP contribution in [0.3, 0.4) is 0 Å². The Balaban J connectivity index is 0.941. The van der Waals surface area contributed by atoms with Crippen LogP contribution in [-0.2, 0) is 71.4 Å². The molecule has 1 unspecified atom stereocenters. The lowest BCUT2D eigenvalue weighted by Crippen LogP contribution is -2.85. The second-order valence-corrected chi connectivity index (χ2v) is 22.0. The molecule has 0 N–H and O–H groups in total. The molecule has 4 aliphatic carbocycles. The third-order valence-corrected chi connectivity index (χ3v) is 18.6. The fourth-order valence-corrected chi connectivity index (χ4v) is 15.7. The summed E-state index contributed by atoms with van der Waals surface area (Å²) in [5.74, 6) is -3.44. The number of benzene rings is 4. The molecule has 1 spiro atoms. The van der Waals surface area contributed by atoms with Gasteiger partial charge in [0.15, 0.2) is 12.1 Å². The maximum Gasteiger partial charge on any atom is 0.313 e. The Labute approximate surface area is 404 Å². The van der Waals surface area contributed by atoms with E-state index in [1.165, 1.54) is 0 Å². The van der Waals surface area contributed by atoms with Gasteiger partial charge in [-0.2, -0.15) is 0 Å². The van der Waals surface area contributed by atoms with E-state index in [-0.39, 0.29) is 31.3 Å². The number of fused-ring (bicyclic) bond motifs is 4. The van der Waals surface area contributed by atoms with Crippen molar-refractivity contribution in [2.75, 3.05) is 20.1 Å². The van der Waals surface area contributed by atoms with Gasteiger partial charge in [-0.05, 0) is 62.5 Å². The van der Waals surface area contributed by atoms with Crippen molar-refractivity contribution in [3.8, 4) is 0 Å². The molecule has 6 aliphatic heterocycles. The molecule has 12 nitrogen and oxygen atoms in total. The van der Waals surface area contributed by atoms with Gasteiger partial charge < -0.3 is 47.5 Å². The Hall–Kier alpha value is -4.34. The zero-order valence-electron chi connectivity index (χ0n) is 39.7. The van der Waals surface area contributed by atoms with Gasteiger partial charge in [-0.15, -0.1) is 0 Å². The summed E-state index contributed by atoms with van der Waals surface area (Å²) >= 11 is 0. The molecule has 4 aromatic carbocycles. The number of ketones is 1. The normalized spacial score (nSPS) is 43.4. The number of carbonyl (C=O) groups is 2. The van der Waals surface area contributed by atoms with Crippen LogP contribution in [-0.4, -0.2) is 84.0 Å². The van der Waals surface area contributed by atoms with Crippen LogP contribution in [0.25, 0.3) is 0 Å². The fourth-order valence-electron chi connectivity index (χ4n) is 15.7. The van der Waals surface area contributed by atoms with E-state index in [0.717, 1.165) is 35.1 Å². The van der Waals surface area contributed by atoms with E-state index < -0.39 is 88.5 Å². The third kappa shape index (κ3) is 6.52. The Morgan fingerprint density at radius 2 is 1.39 bits per heavy atom. The molecule has 10 fully saturated rings. The summed E-state index contributed by atoms with van der Waals surface area (Å²) in [4.78, 5) is 33.3. The molecule has 4 aromatic rings. The smallest absolute Gasteiger partial charge is 0.313 e.